The Balaban J connectivity index is 2.39. The van der Waals surface area contributed by atoms with Crippen LogP contribution < -0.4 is 5.32 Å². The lowest BCUT2D eigenvalue weighted by Gasteiger charge is -2.32. The molecule has 8 heteroatoms. The van der Waals surface area contributed by atoms with E-state index in [1.54, 1.807) is 25.1 Å². The third kappa shape index (κ3) is 6.34. The summed E-state index contributed by atoms with van der Waals surface area (Å²) in [5, 5.41) is 3.74. The number of amides is 2. The highest BCUT2D eigenvalue weighted by atomic mass is 35.5. The number of carbonyl (C=O) groups is 2. The average molecular weight is 474 g/mol. The van der Waals surface area contributed by atoms with Gasteiger partial charge in [0.15, 0.2) is 0 Å². The van der Waals surface area contributed by atoms with Gasteiger partial charge < -0.3 is 10.2 Å². The van der Waals surface area contributed by atoms with Crippen LogP contribution in [0.15, 0.2) is 36.4 Å². The molecule has 0 bridgehead atoms. The Morgan fingerprint density at radius 2 is 1.50 bits per heavy atom. The van der Waals surface area contributed by atoms with Crippen LogP contribution in [0.5, 0.6) is 0 Å². The predicted molar refractivity (Wildman–Crippen MR) is 119 cm³/mol. The number of carbonyl (C=O) groups excluding carboxylic acids is 2. The molecule has 0 aliphatic heterocycles. The monoisotopic (exact) mass is 472 g/mol. The third-order valence-electron chi connectivity index (χ3n) is 4.45. The molecular formula is C22H24Cl3FN2O2. The Morgan fingerprint density at radius 3 is 2.00 bits per heavy atom. The van der Waals surface area contributed by atoms with Crippen LogP contribution in [0.4, 0.5) is 4.39 Å². The van der Waals surface area contributed by atoms with Crippen LogP contribution in [-0.4, -0.2) is 28.3 Å². The van der Waals surface area contributed by atoms with Crippen molar-refractivity contribution in [3.63, 3.8) is 0 Å². The number of nitrogens with one attached hydrogen (secondary N) is 1. The zero-order chi connectivity index (χ0) is 22.6. The second kappa shape index (κ2) is 9.99. The molecule has 2 aromatic carbocycles. The van der Waals surface area contributed by atoms with Gasteiger partial charge in [0.2, 0.25) is 11.8 Å². The van der Waals surface area contributed by atoms with Gasteiger partial charge in [0.05, 0.1) is 6.42 Å². The van der Waals surface area contributed by atoms with Gasteiger partial charge in [-0.2, -0.15) is 0 Å². The minimum Gasteiger partial charge on any atom is -0.350 e. The summed E-state index contributed by atoms with van der Waals surface area (Å²) >= 11 is 18.6. The Kier molecular flexibility index (Phi) is 8.14. The van der Waals surface area contributed by atoms with Gasteiger partial charge in [-0.1, -0.05) is 46.9 Å². The summed E-state index contributed by atoms with van der Waals surface area (Å²) < 4.78 is 14.2. The van der Waals surface area contributed by atoms with Gasteiger partial charge in [0.1, 0.15) is 11.9 Å². The first-order valence-corrected chi connectivity index (χ1v) is 10.5. The predicted octanol–water partition coefficient (Wildman–Crippen LogP) is 5.66. The minimum absolute atomic E-state index is 0.0118. The molecule has 0 aromatic heterocycles. The fourth-order valence-corrected chi connectivity index (χ4v) is 3.61. The molecule has 30 heavy (non-hydrogen) atoms. The normalized spacial score (nSPS) is 12.4. The lowest BCUT2D eigenvalue weighted by molar-refractivity contribution is -0.140. The number of hydrogen-bond acceptors (Lipinski definition) is 2. The molecule has 0 aliphatic carbocycles. The van der Waals surface area contributed by atoms with Crippen molar-refractivity contribution in [2.24, 2.45) is 0 Å². The Hall–Kier alpha value is -1.82. The summed E-state index contributed by atoms with van der Waals surface area (Å²) in [6.07, 6.45) is -0.305. The molecule has 0 radical (unpaired) electrons. The number of rotatable bonds is 6. The first-order chi connectivity index (χ1) is 13.9. The standard InChI is InChI=1S/C22H24Cl3FN2O2/c1-13(21(30)27-22(2,3)4)28(12-15-17(24)7-5-8-18(15)25)20(29)11-14-16(23)9-6-10-19(14)26/h5-10,13H,11-12H2,1-4H3,(H,27,30)/t13-/m0/s1. The SMILES string of the molecule is C[C@@H](C(=O)NC(C)(C)C)N(Cc1c(Cl)cccc1Cl)C(=O)Cc1c(F)cccc1Cl. The summed E-state index contributed by atoms with van der Waals surface area (Å²) in [6, 6.07) is 8.35. The lowest BCUT2D eigenvalue weighted by atomic mass is 10.1. The van der Waals surface area contributed by atoms with Crippen LogP contribution in [-0.2, 0) is 22.6 Å². The van der Waals surface area contributed by atoms with Crippen LogP contribution in [0.2, 0.25) is 15.1 Å². The van der Waals surface area contributed by atoms with E-state index >= 15 is 0 Å². The van der Waals surface area contributed by atoms with Crippen molar-refractivity contribution < 1.29 is 14.0 Å². The largest absolute Gasteiger partial charge is 0.350 e. The maximum atomic E-state index is 14.2. The summed E-state index contributed by atoms with van der Waals surface area (Å²) in [5.74, 6) is -1.41. The van der Waals surface area contributed by atoms with E-state index in [2.05, 4.69) is 5.32 Å². The molecule has 0 saturated heterocycles. The van der Waals surface area contributed by atoms with Crippen molar-refractivity contribution in [2.45, 2.75) is 52.2 Å². The molecule has 1 atom stereocenters. The zero-order valence-electron chi connectivity index (χ0n) is 17.2. The summed E-state index contributed by atoms with van der Waals surface area (Å²) in [4.78, 5) is 27.3. The van der Waals surface area contributed by atoms with Crippen LogP contribution in [0.3, 0.4) is 0 Å². The van der Waals surface area contributed by atoms with Gasteiger partial charge in [-0.05, 0) is 52.0 Å². The second-order valence-corrected chi connectivity index (χ2v) is 9.24. The summed E-state index contributed by atoms with van der Waals surface area (Å²) in [7, 11) is 0. The van der Waals surface area contributed by atoms with E-state index in [-0.39, 0.29) is 29.5 Å². The molecule has 0 fully saturated rings. The van der Waals surface area contributed by atoms with Gasteiger partial charge in [-0.25, -0.2) is 4.39 Å². The van der Waals surface area contributed by atoms with E-state index in [1.165, 1.54) is 23.1 Å². The molecule has 0 spiro atoms. The summed E-state index contributed by atoms with van der Waals surface area (Å²) in [5.41, 5.74) is 0.0869. The van der Waals surface area contributed by atoms with Gasteiger partial charge in [-0.15, -0.1) is 0 Å². The average Bonchev–Trinajstić information content (AvgIpc) is 2.62. The number of nitrogens with zero attached hydrogens (tertiary/aromatic N) is 1. The molecule has 1 N–H and O–H groups in total. The van der Waals surface area contributed by atoms with Gasteiger partial charge in [-0.3, -0.25) is 9.59 Å². The highest BCUT2D eigenvalue weighted by Crippen LogP contribution is 2.28. The van der Waals surface area contributed by atoms with Crippen LogP contribution >= 0.6 is 34.8 Å². The van der Waals surface area contributed by atoms with Crippen LogP contribution in [0.1, 0.15) is 38.8 Å². The van der Waals surface area contributed by atoms with Crippen molar-refractivity contribution in [2.75, 3.05) is 0 Å². The Bertz CT molecular complexity index is 904. The van der Waals surface area contributed by atoms with E-state index in [1.807, 2.05) is 20.8 Å². The van der Waals surface area contributed by atoms with Crippen LogP contribution in [0, 0.1) is 5.82 Å². The van der Waals surface area contributed by atoms with Crippen molar-refractivity contribution in [3.05, 3.63) is 68.4 Å². The second-order valence-electron chi connectivity index (χ2n) is 8.01. The highest BCUT2D eigenvalue weighted by molar-refractivity contribution is 6.36. The van der Waals surface area contributed by atoms with E-state index in [0.29, 0.717) is 15.6 Å². The molecule has 162 valence electrons. The van der Waals surface area contributed by atoms with Gasteiger partial charge in [0.25, 0.3) is 0 Å². The molecule has 2 aromatic rings. The van der Waals surface area contributed by atoms with E-state index in [4.69, 9.17) is 34.8 Å². The molecule has 0 heterocycles. The molecule has 2 rings (SSSR count). The Labute approximate surface area is 191 Å². The van der Waals surface area contributed by atoms with E-state index < -0.39 is 23.3 Å². The van der Waals surface area contributed by atoms with Crippen molar-refractivity contribution >= 4 is 46.6 Å². The topological polar surface area (TPSA) is 49.4 Å². The third-order valence-corrected chi connectivity index (χ3v) is 5.51. The summed E-state index contributed by atoms with van der Waals surface area (Å²) in [6.45, 7) is 7.12. The van der Waals surface area contributed by atoms with E-state index in [9.17, 15) is 14.0 Å². The number of halogens is 4. The zero-order valence-corrected chi connectivity index (χ0v) is 19.5. The van der Waals surface area contributed by atoms with E-state index in [0.717, 1.165) is 0 Å². The minimum atomic E-state index is -0.852. The van der Waals surface area contributed by atoms with Gasteiger partial charge >= 0.3 is 0 Å². The highest BCUT2D eigenvalue weighted by Gasteiger charge is 2.30. The first kappa shape index (κ1) is 24.4. The molecule has 2 amide bonds. The van der Waals surface area contributed by atoms with Crippen molar-refractivity contribution in [3.8, 4) is 0 Å². The lowest BCUT2D eigenvalue weighted by Crippen LogP contribution is -2.52. The fraction of sp³-hybridized carbons (Fsp3) is 0.364. The van der Waals surface area contributed by atoms with Gasteiger partial charge in [0, 0.05) is 38.3 Å². The van der Waals surface area contributed by atoms with Crippen molar-refractivity contribution in [1.29, 1.82) is 0 Å². The molecular weight excluding hydrogens is 450 g/mol. The first-order valence-electron chi connectivity index (χ1n) is 9.38. The number of hydrogen-bond donors (Lipinski definition) is 1. The van der Waals surface area contributed by atoms with Crippen LogP contribution in [0.25, 0.3) is 0 Å². The molecule has 0 aliphatic rings. The van der Waals surface area contributed by atoms with Crippen molar-refractivity contribution in [1.82, 2.24) is 10.2 Å². The smallest absolute Gasteiger partial charge is 0.242 e. The fourth-order valence-electron chi connectivity index (χ4n) is 2.86. The Morgan fingerprint density at radius 1 is 1.00 bits per heavy atom. The molecule has 4 nitrogen and oxygen atoms in total. The maximum Gasteiger partial charge on any atom is 0.242 e. The number of benzene rings is 2. The quantitative estimate of drug-likeness (QED) is 0.588. The molecule has 0 unspecified atom stereocenters. The molecule has 0 saturated carbocycles. The maximum absolute atomic E-state index is 14.2.